The van der Waals surface area contributed by atoms with Gasteiger partial charge < -0.3 is 5.32 Å². The van der Waals surface area contributed by atoms with Crippen molar-refractivity contribution in [3.05, 3.63) is 109 Å². The lowest BCUT2D eigenvalue weighted by Crippen LogP contribution is -2.13. The molecule has 0 fully saturated rings. The highest BCUT2D eigenvalue weighted by molar-refractivity contribution is 7.56. The molecule has 0 radical (unpaired) electrons. The molecule has 0 aliphatic heterocycles. The van der Waals surface area contributed by atoms with Crippen molar-refractivity contribution in [3.63, 3.8) is 0 Å². The average Bonchev–Trinajstić information content (AvgIpc) is 2.72. The van der Waals surface area contributed by atoms with E-state index in [1.165, 1.54) is 32.6 Å². The van der Waals surface area contributed by atoms with Crippen molar-refractivity contribution in [2.75, 3.05) is 5.32 Å². The number of benzene rings is 4. The third-order valence-corrected chi connectivity index (χ3v) is 6.88. The van der Waals surface area contributed by atoms with Gasteiger partial charge in [-0.1, -0.05) is 114 Å². The fourth-order valence-corrected chi connectivity index (χ4v) is 5.16. The third-order valence-electron chi connectivity index (χ3n) is 4.23. The highest BCUT2D eigenvalue weighted by atomic mass is 31.1. The van der Waals surface area contributed by atoms with Gasteiger partial charge in [0.15, 0.2) is 0 Å². The first-order valence-corrected chi connectivity index (χ1v) is 11.0. The largest absolute Gasteiger partial charge is 0.354 e. The summed E-state index contributed by atoms with van der Waals surface area (Å²) in [4.78, 5) is 0. The molecular weight excluding hydrogens is 364 g/mol. The Balaban J connectivity index is 1.60. The second kappa shape index (κ2) is 8.96. The highest BCUT2D eigenvalue weighted by Gasteiger charge is 2.07. The quantitative estimate of drug-likeness (QED) is 0.475. The van der Waals surface area contributed by atoms with Gasteiger partial charge in [0.2, 0.25) is 0 Å². The van der Waals surface area contributed by atoms with Crippen molar-refractivity contribution in [1.29, 1.82) is 0 Å². The number of hydrogen-bond donors (Lipinski definition) is 1. The van der Waals surface area contributed by atoms with Crippen LogP contribution in [0.15, 0.2) is 109 Å². The molecular formula is C24H21NP2. The highest BCUT2D eigenvalue weighted by Crippen LogP contribution is 2.23. The molecule has 27 heavy (non-hydrogen) atoms. The van der Waals surface area contributed by atoms with Crippen molar-refractivity contribution in [2.45, 2.75) is 0 Å². The average molecular weight is 385 g/mol. The van der Waals surface area contributed by atoms with Crippen molar-refractivity contribution in [1.82, 2.24) is 0 Å². The Bertz CT molecular complexity index is 918. The fraction of sp³-hybridized carbons (Fsp3) is 0. The molecule has 0 saturated carbocycles. The van der Waals surface area contributed by atoms with Crippen LogP contribution in [-0.4, -0.2) is 0 Å². The summed E-state index contributed by atoms with van der Waals surface area (Å²) in [7, 11) is 1.27. The smallest absolute Gasteiger partial charge is 0.0463 e. The van der Waals surface area contributed by atoms with Gasteiger partial charge in [0, 0.05) is 22.0 Å². The zero-order valence-electron chi connectivity index (χ0n) is 14.9. The molecule has 4 rings (SSSR count). The first-order valence-electron chi connectivity index (χ1n) is 8.98. The summed E-state index contributed by atoms with van der Waals surface area (Å²) < 4.78 is 0. The Morgan fingerprint density at radius 1 is 0.407 bits per heavy atom. The van der Waals surface area contributed by atoms with Crippen LogP contribution in [0.2, 0.25) is 0 Å². The van der Waals surface area contributed by atoms with Gasteiger partial charge in [0.05, 0.1) is 0 Å². The van der Waals surface area contributed by atoms with E-state index in [2.05, 4.69) is 115 Å². The standard InChI is InChI=1S/C24H21NP2/c1-3-11-19(12-4-1)26-23-17-9-7-15-21(23)25-22-16-8-10-18-24(22)27-20-13-5-2-6-14-20/h1-18,25-27H. The minimum absolute atomic E-state index is 0.637. The lowest BCUT2D eigenvalue weighted by molar-refractivity contribution is 1.60. The zero-order chi connectivity index (χ0) is 18.3. The summed E-state index contributed by atoms with van der Waals surface area (Å²) in [5.41, 5.74) is 2.37. The monoisotopic (exact) mass is 385 g/mol. The maximum Gasteiger partial charge on any atom is 0.0463 e. The topological polar surface area (TPSA) is 12.0 Å². The van der Waals surface area contributed by atoms with Gasteiger partial charge in [-0.25, -0.2) is 0 Å². The summed E-state index contributed by atoms with van der Waals surface area (Å²) >= 11 is 0. The molecule has 0 spiro atoms. The Hall–Kier alpha value is -2.46. The van der Waals surface area contributed by atoms with Crippen molar-refractivity contribution in [2.24, 2.45) is 0 Å². The van der Waals surface area contributed by atoms with Gasteiger partial charge in [-0.2, -0.15) is 0 Å². The number of nitrogens with one attached hydrogen (secondary N) is 1. The van der Waals surface area contributed by atoms with E-state index in [9.17, 15) is 0 Å². The van der Waals surface area contributed by atoms with E-state index < -0.39 is 0 Å². The molecule has 0 amide bonds. The van der Waals surface area contributed by atoms with Crippen LogP contribution in [0.5, 0.6) is 0 Å². The number of rotatable bonds is 6. The SMILES string of the molecule is c1ccc(Pc2ccccc2Nc2ccccc2Pc2ccccc2)cc1. The van der Waals surface area contributed by atoms with Crippen molar-refractivity contribution in [3.8, 4) is 0 Å². The van der Waals surface area contributed by atoms with E-state index >= 15 is 0 Å². The molecule has 4 aromatic rings. The Labute approximate surface area is 164 Å². The lowest BCUT2D eigenvalue weighted by atomic mass is 10.2. The number of anilines is 2. The van der Waals surface area contributed by atoms with Crippen LogP contribution >= 0.6 is 17.2 Å². The molecule has 0 bridgehead atoms. The molecule has 0 aliphatic carbocycles. The van der Waals surface area contributed by atoms with E-state index in [4.69, 9.17) is 0 Å². The maximum atomic E-state index is 3.70. The Morgan fingerprint density at radius 3 is 1.22 bits per heavy atom. The van der Waals surface area contributed by atoms with E-state index in [1.807, 2.05) is 0 Å². The van der Waals surface area contributed by atoms with Gasteiger partial charge in [0.1, 0.15) is 0 Å². The van der Waals surface area contributed by atoms with Gasteiger partial charge in [-0.05, 0) is 22.7 Å². The molecule has 2 unspecified atom stereocenters. The minimum atomic E-state index is 0.637. The predicted octanol–water partition coefficient (Wildman–Crippen LogP) is 4.69. The first-order chi connectivity index (χ1) is 13.4. The van der Waals surface area contributed by atoms with E-state index in [0.29, 0.717) is 17.2 Å². The molecule has 0 aromatic heterocycles. The summed E-state index contributed by atoms with van der Waals surface area (Å²) in [6.07, 6.45) is 0. The second-order valence-corrected chi connectivity index (χ2v) is 8.93. The number of hydrogen-bond acceptors (Lipinski definition) is 1. The van der Waals surface area contributed by atoms with Crippen molar-refractivity contribution < 1.29 is 0 Å². The summed E-state index contributed by atoms with van der Waals surface area (Å²) in [5, 5.41) is 9.07. The van der Waals surface area contributed by atoms with E-state index in [0.717, 1.165) is 0 Å². The fourth-order valence-electron chi connectivity index (χ4n) is 2.90. The van der Waals surface area contributed by atoms with Gasteiger partial charge in [-0.3, -0.25) is 0 Å². The normalized spacial score (nSPS) is 11.4. The predicted molar refractivity (Wildman–Crippen MR) is 124 cm³/mol. The molecule has 0 aliphatic rings. The van der Waals surface area contributed by atoms with Gasteiger partial charge in [-0.15, -0.1) is 0 Å². The van der Waals surface area contributed by atoms with E-state index in [-0.39, 0.29) is 0 Å². The van der Waals surface area contributed by atoms with Gasteiger partial charge in [0.25, 0.3) is 0 Å². The summed E-state index contributed by atoms with van der Waals surface area (Å²) in [6, 6.07) is 38.6. The first kappa shape index (κ1) is 17.9. The van der Waals surface area contributed by atoms with Crippen LogP contribution in [0, 0.1) is 0 Å². The summed E-state index contributed by atoms with van der Waals surface area (Å²) in [5.74, 6) is 0. The Morgan fingerprint density at radius 2 is 0.778 bits per heavy atom. The van der Waals surface area contributed by atoms with Crippen molar-refractivity contribution >= 4 is 49.8 Å². The van der Waals surface area contributed by atoms with Crippen LogP contribution in [0.4, 0.5) is 11.4 Å². The number of para-hydroxylation sites is 2. The molecule has 4 aromatic carbocycles. The van der Waals surface area contributed by atoms with Crippen LogP contribution < -0.4 is 26.5 Å². The van der Waals surface area contributed by atoms with Crippen LogP contribution in [-0.2, 0) is 0 Å². The second-order valence-electron chi connectivity index (χ2n) is 6.20. The Kier molecular flexibility index (Phi) is 5.95. The molecule has 1 N–H and O–H groups in total. The van der Waals surface area contributed by atoms with E-state index in [1.54, 1.807) is 0 Å². The third kappa shape index (κ3) is 4.83. The molecule has 1 nitrogen and oxygen atoms in total. The summed E-state index contributed by atoms with van der Waals surface area (Å²) in [6.45, 7) is 0. The minimum Gasteiger partial charge on any atom is -0.354 e. The molecule has 132 valence electrons. The molecule has 0 saturated heterocycles. The molecule has 3 heteroatoms. The molecule has 2 atom stereocenters. The van der Waals surface area contributed by atoms with Gasteiger partial charge >= 0.3 is 0 Å². The van der Waals surface area contributed by atoms with Crippen LogP contribution in [0.1, 0.15) is 0 Å². The molecule has 0 heterocycles. The lowest BCUT2D eigenvalue weighted by Gasteiger charge is -2.15. The maximum absolute atomic E-state index is 3.70. The van der Waals surface area contributed by atoms with Crippen LogP contribution in [0.3, 0.4) is 0 Å². The van der Waals surface area contributed by atoms with Crippen LogP contribution in [0.25, 0.3) is 0 Å². The zero-order valence-corrected chi connectivity index (χ0v) is 16.9.